The second-order valence-electron chi connectivity index (χ2n) is 2.66. The summed E-state index contributed by atoms with van der Waals surface area (Å²) in [4.78, 5) is 9.98. The van der Waals surface area contributed by atoms with Gasteiger partial charge in [0.15, 0.2) is 0 Å². The first-order valence-corrected chi connectivity index (χ1v) is 3.38. The van der Waals surface area contributed by atoms with Gasteiger partial charge in [0.25, 0.3) is 0 Å². The molecular formula is C5H2F9NO2. The van der Waals surface area contributed by atoms with E-state index in [9.17, 15) is 44.3 Å². The Hall–Kier alpha value is -1.20. The fourth-order valence-corrected chi connectivity index (χ4v) is 0.538. The number of carbonyl (C=O) groups is 1. The van der Waals surface area contributed by atoms with Gasteiger partial charge in [-0.15, -0.1) is 0 Å². The van der Waals surface area contributed by atoms with Crippen molar-refractivity contribution >= 4 is 5.91 Å². The average molecular weight is 279 g/mol. The third-order valence-corrected chi connectivity index (χ3v) is 1.37. The highest BCUT2D eigenvalue weighted by Gasteiger charge is 2.73. The molecule has 0 radical (unpaired) electrons. The van der Waals surface area contributed by atoms with Crippen molar-refractivity contribution in [1.29, 1.82) is 0 Å². The van der Waals surface area contributed by atoms with Crippen molar-refractivity contribution in [1.82, 2.24) is 5.32 Å². The van der Waals surface area contributed by atoms with Crippen molar-refractivity contribution < 1.29 is 49.4 Å². The van der Waals surface area contributed by atoms with Gasteiger partial charge < -0.3 is 10.4 Å². The summed E-state index contributed by atoms with van der Waals surface area (Å²) in [5, 5.41) is 7.59. The third-order valence-electron chi connectivity index (χ3n) is 1.37. The Labute approximate surface area is 86.2 Å². The quantitative estimate of drug-likeness (QED) is 0.564. The summed E-state index contributed by atoms with van der Waals surface area (Å²) in [5.41, 5.74) is -5.97. The van der Waals surface area contributed by atoms with E-state index in [0.29, 0.717) is 0 Å². The van der Waals surface area contributed by atoms with Gasteiger partial charge in [-0.25, -0.2) is 0 Å². The summed E-state index contributed by atoms with van der Waals surface area (Å²) in [5.74, 6) is -3.57. The SMILES string of the molecule is O=C(NC(O)(C(F)(F)F)C(F)(F)F)C(F)(F)F. The van der Waals surface area contributed by atoms with E-state index in [1.54, 1.807) is 0 Å². The third kappa shape index (κ3) is 3.14. The highest BCUT2D eigenvalue weighted by molar-refractivity contribution is 5.82. The first-order chi connectivity index (χ1) is 7.13. The number of hydrogen-bond donors (Lipinski definition) is 2. The maximum Gasteiger partial charge on any atom is 0.471 e. The van der Waals surface area contributed by atoms with Crippen LogP contribution in [0.15, 0.2) is 0 Å². The van der Waals surface area contributed by atoms with E-state index >= 15 is 0 Å². The zero-order valence-corrected chi connectivity index (χ0v) is 7.26. The molecule has 0 aromatic heterocycles. The van der Waals surface area contributed by atoms with Crippen LogP contribution in [-0.4, -0.2) is 35.3 Å². The molecule has 0 atom stereocenters. The van der Waals surface area contributed by atoms with Crippen LogP contribution in [0.4, 0.5) is 39.5 Å². The molecule has 0 saturated carbocycles. The van der Waals surface area contributed by atoms with Crippen LogP contribution < -0.4 is 5.32 Å². The molecule has 102 valence electrons. The maximum atomic E-state index is 11.8. The fourth-order valence-electron chi connectivity index (χ4n) is 0.538. The Kier molecular flexibility index (Phi) is 3.65. The number of amides is 1. The van der Waals surface area contributed by atoms with Gasteiger partial charge in [-0.2, -0.15) is 39.5 Å². The van der Waals surface area contributed by atoms with Crippen molar-refractivity contribution in [3.63, 3.8) is 0 Å². The lowest BCUT2D eigenvalue weighted by molar-refractivity contribution is -0.377. The standard InChI is InChI=1S/C5H2F9NO2/c6-2(7,8)1(16)15-3(17,4(9,10)11)5(12,13)14/h17H,(H,15,16). The van der Waals surface area contributed by atoms with Crippen LogP contribution in [0.2, 0.25) is 0 Å². The number of nitrogens with one attached hydrogen (secondary N) is 1. The highest BCUT2D eigenvalue weighted by Crippen LogP contribution is 2.41. The van der Waals surface area contributed by atoms with E-state index in [0.717, 1.165) is 0 Å². The monoisotopic (exact) mass is 279 g/mol. The van der Waals surface area contributed by atoms with E-state index in [-0.39, 0.29) is 0 Å². The van der Waals surface area contributed by atoms with Crippen LogP contribution in [0, 0.1) is 0 Å². The van der Waals surface area contributed by atoms with E-state index in [2.05, 4.69) is 0 Å². The minimum absolute atomic E-state index is 0.545. The molecule has 0 aromatic carbocycles. The fraction of sp³-hybridized carbons (Fsp3) is 0.800. The van der Waals surface area contributed by atoms with Crippen molar-refractivity contribution in [3.05, 3.63) is 0 Å². The predicted molar refractivity (Wildman–Crippen MR) is 31.3 cm³/mol. The van der Waals surface area contributed by atoms with Crippen LogP contribution in [0.25, 0.3) is 0 Å². The van der Waals surface area contributed by atoms with Crippen LogP contribution >= 0.6 is 0 Å². The molecule has 0 spiro atoms. The molecule has 3 nitrogen and oxygen atoms in total. The molecule has 0 fully saturated rings. The first-order valence-electron chi connectivity index (χ1n) is 3.38. The molecule has 0 unspecified atom stereocenters. The first kappa shape index (κ1) is 15.8. The number of halogens is 9. The highest BCUT2D eigenvalue weighted by atomic mass is 19.4. The van der Waals surface area contributed by atoms with Gasteiger partial charge in [-0.05, 0) is 0 Å². The van der Waals surface area contributed by atoms with Gasteiger partial charge in [0.2, 0.25) is 0 Å². The second-order valence-corrected chi connectivity index (χ2v) is 2.66. The Morgan fingerprint density at radius 3 is 1.29 bits per heavy atom. The molecule has 0 rings (SSSR count). The number of hydrogen-bond acceptors (Lipinski definition) is 2. The Bertz CT molecular complexity index is 286. The number of alkyl halides is 9. The number of carbonyl (C=O) groups excluding carboxylic acids is 1. The molecule has 12 heteroatoms. The van der Waals surface area contributed by atoms with Gasteiger partial charge in [0, 0.05) is 0 Å². The number of aliphatic hydroxyl groups is 1. The lowest BCUT2D eigenvalue weighted by Crippen LogP contribution is -2.69. The van der Waals surface area contributed by atoms with E-state index in [1.165, 1.54) is 0 Å². The summed E-state index contributed by atoms with van der Waals surface area (Å²) >= 11 is 0. The second kappa shape index (κ2) is 3.92. The predicted octanol–water partition coefficient (Wildman–Crippen LogP) is 1.48. The molecule has 17 heavy (non-hydrogen) atoms. The molecule has 0 bridgehead atoms. The normalized spacial score (nSPS) is 14.7. The van der Waals surface area contributed by atoms with Crippen molar-refractivity contribution in [2.45, 2.75) is 24.3 Å². The summed E-state index contributed by atoms with van der Waals surface area (Å²) < 4.78 is 105. The maximum absolute atomic E-state index is 11.8. The summed E-state index contributed by atoms with van der Waals surface area (Å²) in [6.07, 6.45) is -19.1. The summed E-state index contributed by atoms with van der Waals surface area (Å²) in [6, 6.07) is 0. The zero-order chi connectivity index (χ0) is 14.3. The molecule has 0 aromatic rings. The minimum atomic E-state index is -6.56. The molecular weight excluding hydrogens is 277 g/mol. The van der Waals surface area contributed by atoms with Gasteiger partial charge in [-0.3, -0.25) is 4.79 Å². The molecule has 0 heterocycles. The van der Waals surface area contributed by atoms with E-state index < -0.39 is 35.5 Å². The lowest BCUT2D eigenvalue weighted by atomic mass is 10.2. The molecule has 1 amide bonds. The van der Waals surface area contributed by atoms with E-state index in [4.69, 9.17) is 5.11 Å². The van der Waals surface area contributed by atoms with Gasteiger partial charge in [0.05, 0.1) is 0 Å². The van der Waals surface area contributed by atoms with E-state index in [1.807, 2.05) is 0 Å². The van der Waals surface area contributed by atoms with Crippen LogP contribution in [0.1, 0.15) is 0 Å². The molecule has 0 saturated heterocycles. The Morgan fingerprint density at radius 1 is 0.824 bits per heavy atom. The lowest BCUT2D eigenvalue weighted by Gasteiger charge is -2.32. The molecule has 0 aliphatic rings. The smallest absolute Gasteiger partial charge is 0.357 e. The molecule has 0 aliphatic heterocycles. The minimum Gasteiger partial charge on any atom is -0.357 e. The van der Waals surface area contributed by atoms with Crippen LogP contribution in [-0.2, 0) is 4.79 Å². The summed E-state index contributed by atoms with van der Waals surface area (Å²) in [7, 11) is 0. The van der Waals surface area contributed by atoms with Gasteiger partial charge in [-0.1, -0.05) is 0 Å². The van der Waals surface area contributed by atoms with Gasteiger partial charge >= 0.3 is 30.2 Å². The molecule has 2 N–H and O–H groups in total. The largest absolute Gasteiger partial charge is 0.471 e. The van der Waals surface area contributed by atoms with Crippen LogP contribution in [0.3, 0.4) is 0 Å². The Balaban J connectivity index is 5.35. The average Bonchev–Trinajstić information content (AvgIpc) is 1.97. The van der Waals surface area contributed by atoms with Crippen molar-refractivity contribution in [2.24, 2.45) is 0 Å². The van der Waals surface area contributed by atoms with Crippen molar-refractivity contribution in [3.8, 4) is 0 Å². The molecule has 0 aliphatic carbocycles. The topological polar surface area (TPSA) is 49.3 Å². The zero-order valence-electron chi connectivity index (χ0n) is 7.26. The Morgan fingerprint density at radius 2 is 1.12 bits per heavy atom. The summed E-state index contributed by atoms with van der Waals surface area (Å²) in [6.45, 7) is 0. The van der Waals surface area contributed by atoms with Gasteiger partial charge in [0.1, 0.15) is 0 Å². The van der Waals surface area contributed by atoms with Crippen molar-refractivity contribution in [2.75, 3.05) is 0 Å². The number of rotatable bonds is 1. The van der Waals surface area contributed by atoms with Crippen LogP contribution in [0.5, 0.6) is 0 Å².